The number of carbonyl (C=O) groups is 2. The number of amides is 2. The summed E-state index contributed by atoms with van der Waals surface area (Å²) in [5.74, 6) is -0.00349. The summed E-state index contributed by atoms with van der Waals surface area (Å²) in [6.07, 6.45) is 3.24. The number of fused-ring (bicyclic) bond motifs is 1. The van der Waals surface area contributed by atoms with E-state index in [0.29, 0.717) is 12.2 Å². The molecule has 1 fully saturated rings. The lowest BCUT2D eigenvalue weighted by Gasteiger charge is -2.44. The second kappa shape index (κ2) is 10.2. The number of aromatic nitrogens is 2. The summed E-state index contributed by atoms with van der Waals surface area (Å²) < 4.78 is 42.6. The molecule has 194 valence electrons. The highest BCUT2D eigenvalue weighted by molar-refractivity contribution is 6.05. The first kappa shape index (κ1) is 25.5. The molecule has 0 radical (unpaired) electrons. The normalized spacial score (nSPS) is 18.3. The number of carbonyl (C=O) groups excluding carboxylic acids is 2. The molecule has 2 N–H and O–H groups in total. The van der Waals surface area contributed by atoms with Gasteiger partial charge in [0.2, 0.25) is 5.91 Å². The first-order chi connectivity index (χ1) is 17.1. The van der Waals surface area contributed by atoms with Gasteiger partial charge < -0.3 is 25.2 Å². The summed E-state index contributed by atoms with van der Waals surface area (Å²) in [6.45, 7) is 0.561. The van der Waals surface area contributed by atoms with Gasteiger partial charge in [-0.2, -0.15) is 13.2 Å². The molecule has 0 unspecified atom stereocenters. The van der Waals surface area contributed by atoms with Crippen molar-refractivity contribution in [1.82, 2.24) is 15.3 Å². The Bertz CT molecular complexity index is 1140. The Labute approximate surface area is 207 Å². The molecule has 1 aliphatic heterocycles. The molecule has 0 bridgehead atoms. The number of ether oxygens (including phenoxy) is 1. The van der Waals surface area contributed by atoms with Gasteiger partial charge in [0.05, 0.1) is 30.2 Å². The topological polar surface area (TPSA) is 99.7 Å². The smallest absolute Gasteiger partial charge is 0.405 e. The van der Waals surface area contributed by atoms with Gasteiger partial charge in [-0.05, 0) is 25.3 Å². The Balaban J connectivity index is 1.62. The lowest BCUT2D eigenvalue weighted by molar-refractivity contribution is -0.123. The Morgan fingerprint density at radius 3 is 2.53 bits per heavy atom. The average molecular weight is 507 g/mol. The molecule has 3 heterocycles. The number of pyridine rings is 2. The predicted molar refractivity (Wildman–Crippen MR) is 129 cm³/mol. The van der Waals surface area contributed by atoms with Crippen molar-refractivity contribution in [2.24, 2.45) is 0 Å². The lowest BCUT2D eigenvalue weighted by atomic mass is 10.0. The fourth-order valence-corrected chi connectivity index (χ4v) is 4.83. The molecule has 2 amide bonds. The Kier molecular flexibility index (Phi) is 7.23. The number of anilines is 4. The quantitative estimate of drug-likeness (QED) is 0.585. The molecule has 0 spiro atoms. The molecule has 2 aromatic heterocycles. The van der Waals surface area contributed by atoms with Crippen LogP contribution >= 0.6 is 0 Å². The van der Waals surface area contributed by atoms with Crippen molar-refractivity contribution in [3.63, 3.8) is 0 Å². The number of nitrogens with one attached hydrogen (secondary N) is 2. The van der Waals surface area contributed by atoms with Crippen LogP contribution in [0.2, 0.25) is 0 Å². The van der Waals surface area contributed by atoms with Crippen LogP contribution in [0.4, 0.5) is 36.2 Å². The van der Waals surface area contributed by atoms with Crippen molar-refractivity contribution in [1.29, 1.82) is 0 Å². The van der Waals surface area contributed by atoms with Gasteiger partial charge in [-0.15, -0.1) is 0 Å². The number of hydrogen-bond acceptors (Lipinski definition) is 7. The number of halogens is 3. The van der Waals surface area contributed by atoms with E-state index in [2.05, 4.69) is 20.2 Å². The van der Waals surface area contributed by atoms with E-state index in [-0.39, 0.29) is 35.1 Å². The minimum absolute atomic E-state index is 0.0436. The third-order valence-corrected chi connectivity index (χ3v) is 6.59. The van der Waals surface area contributed by atoms with Gasteiger partial charge in [0.15, 0.2) is 11.6 Å². The van der Waals surface area contributed by atoms with Crippen LogP contribution in [0.15, 0.2) is 24.5 Å². The van der Waals surface area contributed by atoms with Gasteiger partial charge in [0.25, 0.3) is 5.91 Å². The van der Waals surface area contributed by atoms with Crippen molar-refractivity contribution in [3.05, 3.63) is 30.1 Å². The van der Waals surface area contributed by atoms with Crippen LogP contribution in [-0.2, 0) is 4.79 Å². The van der Waals surface area contributed by atoms with Gasteiger partial charge in [-0.3, -0.25) is 9.59 Å². The minimum atomic E-state index is -4.52. The second-order valence-electron chi connectivity index (χ2n) is 8.92. The molecular weight excluding hydrogens is 477 g/mol. The lowest BCUT2D eigenvalue weighted by Crippen LogP contribution is -2.55. The zero-order chi connectivity index (χ0) is 26.0. The van der Waals surface area contributed by atoms with Crippen molar-refractivity contribution in [3.8, 4) is 5.75 Å². The molecule has 4 rings (SSSR count). The monoisotopic (exact) mass is 506 g/mol. The molecule has 0 aromatic carbocycles. The van der Waals surface area contributed by atoms with E-state index in [1.807, 2.05) is 18.3 Å². The molecule has 1 aliphatic carbocycles. The van der Waals surface area contributed by atoms with Gasteiger partial charge in [-0.25, -0.2) is 9.97 Å². The third kappa shape index (κ3) is 5.17. The Morgan fingerprint density at radius 2 is 1.89 bits per heavy atom. The maximum atomic E-state index is 13.1. The van der Waals surface area contributed by atoms with Crippen LogP contribution in [0.1, 0.15) is 49.4 Å². The summed E-state index contributed by atoms with van der Waals surface area (Å²) in [5, 5.41) is 4.89. The molecule has 12 heteroatoms. The van der Waals surface area contributed by atoms with Crippen LogP contribution in [0.5, 0.6) is 5.75 Å². The van der Waals surface area contributed by atoms with E-state index in [0.717, 1.165) is 37.1 Å². The molecule has 2 aliphatic rings. The molecule has 36 heavy (non-hydrogen) atoms. The van der Waals surface area contributed by atoms with E-state index in [1.54, 1.807) is 18.1 Å². The number of likely N-dealkylation sites (N-methyl/N-ethyl adjacent to an activating group) is 1. The first-order valence-electron chi connectivity index (χ1n) is 11.8. The SMILES string of the molecule is CC[C@@H]1C(=O)N(C)c2cnc(Nc3ncc(C(=O)NCC(F)(F)F)cc3OC)cc2N1C1CCCC1. The summed E-state index contributed by atoms with van der Waals surface area (Å²) in [6, 6.07) is 3.18. The van der Waals surface area contributed by atoms with E-state index in [1.165, 1.54) is 19.4 Å². The maximum Gasteiger partial charge on any atom is 0.405 e. The van der Waals surface area contributed by atoms with Crippen molar-refractivity contribution >= 4 is 34.8 Å². The minimum Gasteiger partial charge on any atom is -0.493 e. The number of alkyl halides is 3. The van der Waals surface area contributed by atoms with Crippen molar-refractivity contribution in [2.45, 2.75) is 57.3 Å². The molecule has 0 saturated heterocycles. The fraction of sp³-hybridized carbons (Fsp3) is 0.500. The Hall–Kier alpha value is -3.57. The number of rotatable bonds is 7. The van der Waals surface area contributed by atoms with Crippen LogP contribution in [0, 0.1) is 0 Å². The number of nitrogens with zero attached hydrogens (tertiary/aromatic N) is 4. The summed E-state index contributed by atoms with van der Waals surface area (Å²) >= 11 is 0. The standard InChI is InChI=1S/C24H29F3N6O3/c1-4-16-23(35)32(2)18-12-28-20(10-17(18)33(16)15-7-5-6-8-15)31-21-19(36-3)9-14(11-29-21)22(34)30-13-24(25,26)27/h9-12,15-16H,4-8,13H2,1-3H3,(H,30,34)(H,28,29,31)/t16-/m1/s1. The van der Waals surface area contributed by atoms with E-state index in [4.69, 9.17) is 4.74 Å². The zero-order valence-electron chi connectivity index (χ0n) is 20.4. The molecule has 2 aromatic rings. The summed E-state index contributed by atoms with van der Waals surface area (Å²) in [7, 11) is 3.12. The van der Waals surface area contributed by atoms with Crippen LogP contribution < -0.4 is 25.2 Å². The maximum absolute atomic E-state index is 13.1. The van der Waals surface area contributed by atoms with Crippen molar-refractivity contribution in [2.75, 3.05) is 35.8 Å². The predicted octanol–water partition coefficient (Wildman–Crippen LogP) is 4.02. The highest BCUT2D eigenvalue weighted by Crippen LogP contribution is 2.42. The van der Waals surface area contributed by atoms with Crippen LogP contribution in [0.3, 0.4) is 0 Å². The fourth-order valence-electron chi connectivity index (χ4n) is 4.83. The first-order valence-corrected chi connectivity index (χ1v) is 11.8. The average Bonchev–Trinajstić information content (AvgIpc) is 3.38. The number of hydrogen-bond donors (Lipinski definition) is 2. The van der Waals surface area contributed by atoms with Gasteiger partial charge >= 0.3 is 6.18 Å². The second-order valence-corrected chi connectivity index (χ2v) is 8.92. The largest absolute Gasteiger partial charge is 0.493 e. The number of methoxy groups -OCH3 is 1. The highest BCUT2D eigenvalue weighted by atomic mass is 19.4. The van der Waals surface area contributed by atoms with E-state index in [9.17, 15) is 22.8 Å². The van der Waals surface area contributed by atoms with Gasteiger partial charge in [0, 0.05) is 25.4 Å². The zero-order valence-corrected chi connectivity index (χ0v) is 20.4. The van der Waals surface area contributed by atoms with Gasteiger partial charge in [-0.1, -0.05) is 19.8 Å². The van der Waals surface area contributed by atoms with Crippen LogP contribution in [-0.4, -0.2) is 60.7 Å². The van der Waals surface area contributed by atoms with E-state index < -0.39 is 18.6 Å². The van der Waals surface area contributed by atoms with Crippen LogP contribution in [0.25, 0.3) is 0 Å². The molecule has 9 nitrogen and oxygen atoms in total. The Morgan fingerprint density at radius 1 is 1.17 bits per heavy atom. The highest BCUT2D eigenvalue weighted by Gasteiger charge is 2.40. The van der Waals surface area contributed by atoms with E-state index >= 15 is 0 Å². The molecule has 1 saturated carbocycles. The molecule has 1 atom stereocenters. The van der Waals surface area contributed by atoms with Crippen molar-refractivity contribution < 1.29 is 27.5 Å². The summed E-state index contributed by atoms with van der Waals surface area (Å²) in [5.41, 5.74) is 1.55. The molecular formula is C24H29F3N6O3. The summed E-state index contributed by atoms with van der Waals surface area (Å²) in [4.78, 5) is 37.6. The van der Waals surface area contributed by atoms with Gasteiger partial charge in [0.1, 0.15) is 18.4 Å². The third-order valence-electron chi connectivity index (χ3n) is 6.59.